The average Bonchev–Trinajstić information content (AvgIpc) is 4.36. The van der Waals surface area contributed by atoms with Gasteiger partial charge in [-0.3, -0.25) is 19.5 Å². The summed E-state index contributed by atoms with van der Waals surface area (Å²) in [6.07, 6.45) is 3.79. The van der Waals surface area contributed by atoms with Gasteiger partial charge in [-0.25, -0.2) is 24.4 Å². The first-order chi connectivity index (χ1) is 41.3. The molecular formula is C69H88N6O12. The molecule has 18 heteroatoms. The van der Waals surface area contributed by atoms with Gasteiger partial charge in [-0.1, -0.05) is 91.0 Å². The van der Waals surface area contributed by atoms with Crippen LogP contribution in [0, 0.1) is 20.8 Å². The Morgan fingerprint density at radius 3 is 1.43 bits per heavy atom. The summed E-state index contributed by atoms with van der Waals surface area (Å²) in [5, 5.41) is 11.1. The molecule has 0 aliphatic carbocycles. The van der Waals surface area contributed by atoms with Crippen LogP contribution in [0.5, 0.6) is 17.2 Å². The number of aliphatic hydroxyl groups is 1. The minimum absolute atomic E-state index is 0.167. The third-order valence-electron chi connectivity index (χ3n) is 13.6. The van der Waals surface area contributed by atoms with Gasteiger partial charge in [-0.05, 0) is 175 Å². The zero-order chi connectivity index (χ0) is 63.3. The second kappa shape index (κ2) is 31.8. The highest BCUT2D eigenvalue weighted by atomic mass is 16.6. The summed E-state index contributed by atoms with van der Waals surface area (Å²) in [4.78, 5) is 78.7. The van der Waals surface area contributed by atoms with E-state index in [1.807, 2.05) is 198 Å². The van der Waals surface area contributed by atoms with Crippen molar-refractivity contribution in [3.8, 4) is 17.2 Å². The first-order valence-electron chi connectivity index (χ1n) is 29.8. The minimum atomic E-state index is -0.948. The molecule has 3 aromatic carbocycles. The third kappa shape index (κ3) is 22.1. The summed E-state index contributed by atoms with van der Waals surface area (Å²) >= 11 is 0. The number of aliphatic hydroxyl groups excluding tert-OH is 1. The number of ketones is 1. The van der Waals surface area contributed by atoms with Crippen molar-refractivity contribution < 1.29 is 57.5 Å². The maximum absolute atomic E-state index is 13.3. The summed E-state index contributed by atoms with van der Waals surface area (Å²) in [6.45, 7) is 26.1. The molecule has 3 saturated heterocycles. The van der Waals surface area contributed by atoms with E-state index in [4.69, 9.17) is 28.4 Å². The number of ether oxygens (including phenoxy) is 6. The molecule has 1 N–H and O–H groups in total. The zero-order valence-electron chi connectivity index (χ0n) is 52.7. The number of hydrogen-bond donors (Lipinski definition) is 1. The summed E-state index contributed by atoms with van der Waals surface area (Å²) in [5.41, 5.74) is 4.93. The van der Waals surface area contributed by atoms with Crippen molar-refractivity contribution in [2.45, 2.75) is 176 Å². The number of benzene rings is 3. The lowest BCUT2D eigenvalue weighted by atomic mass is 10.0. The molecule has 6 aromatic rings. The molecule has 0 bridgehead atoms. The number of Topliss-reactive ketones (excluding diaryl/α,β-unsaturated/α-hetero) is 1. The average molecular weight is 1190 g/mol. The van der Waals surface area contributed by atoms with E-state index in [0.29, 0.717) is 80.7 Å². The highest BCUT2D eigenvalue weighted by Gasteiger charge is 2.40. The van der Waals surface area contributed by atoms with E-state index in [9.17, 15) is 29.1 Å². The Labute approximate surface area is 513 Å². The molecule has 0 spiro atoms. The standard InChI is InChI=1S/C23H30N2O4.C23H28N2O4.C14H13NO2.C9H17NO2/c2*1-16-12-13-19(28-15-17-9-6-5-7-10-17)20(24-16)21(26)18-11-8-14-25(18)22(27)29-23(2,3)4;1-11-7-8-14(13(9-16)15-11)17-10-12-5-3-2-4-6-12;1-9(2,3)12-8(11)10-6-4-5-7-10/h5-7,9-10,12-13,18,21,26H,8,11,14-15H2,1-4H3;5-7,9-10,12-13,18H,8,11,14-15H2,1-4H3;2-9H,10H2,1H3;4-7H2,1-3H3. The van der Waals surface area contributed by atoms with Crippen molar-refractivity contribution in [2.24, 2.45) is 0 Å². The van der Waals surface area contributed by atoms with Gasteiger partial charge >= 0.3 is 18.3 Å². The van der Waals surface area contributed by atoms with Crippen molar-refractivity contribution in [3.05, 3.63) is 178 Å². The zero-order valence-corrected chi connectivity index (χ0v) is 52.7. The quantitative estimate of drug-likeness (QED) is 0.0611. The molecule has 9 rings (SSSR count). The molecule has 18 nitrogen and oxygen atoms in total. The fourth-order valence-electron chi connectivity index (χ4n) is 9.52. The van der Waals surface area contributed by atoms with Crippen molar-refractivity contribution in [1.82, 2.24) is 29.7 Å². The monoisotopic (exact) mass is 1190 g/mol. The Hall–Kier alpha value is -8.38. The van der Waals surface area contributed by atoms with Gasteiger partial charge in [0.2, 0.25) is 5.78 Å². The van der Waals surface area contributed by atoms with E-state index in [2.05, 4.69) is 15.0 Å². The van der Waals surface area contributed by atoms with Crippen LogP contribution < -0.4 is 14.2 Å². The fraction of sp³-hybridized carbons (Fsp3) is 0.449. The number of likely N-dealkylation sites (tertiary alicyclic amines) is 3. The number of rotatable bonds is 14. The highest BCUT2D eigenvalue weighted by Crippen LogP contribution is 2.35. The Bertz CT molecular complexity index is 3170. The van der Waals surface area contributed by atoms with Crippen LogP contribution in [0.15, 0.2) is 127 Å². The molecule has 3 aliphatic heterocycles. The van der Waals surface area contributed by atoms with Crippen molar-refractivity contribution >= 4 is 30.3 Å². The lowest BCUT2D eigenvalue weighted by molar-refractivity contribution is 0.00361. The van der Waals surface area contributed by atoms with Crippen LogP contribution in [0.2, 0.25) is 0 Å². The van der Waals surface area contributed by atoms with E-state index < -0.39 is 41.6 Å². The number of aromatic nitrogens is 3. The van der Waals surface area contributed by atoms with Crippen molar-refractivity contribution in [3.63, 3.8) is 0 Å². The second-order valence-electron chi connectivity index (χ2n) is 24.6. The highest BCUT2D eigenvalue weighted by molar-refractivity contribution is 6.02. The number of aldehydes is 1. The van der Waals surface area contributed by atoms with Gasteiger partial charge < -0.3 is 43.3 Å². The van der Waals surface area contributed by atoms with Crippen LogP contribution in [-0.2, 0) is 34.0 Å². The molecule has 0 saturated carbocycles. The number of carbonyl (C=O) groups excluding carboxylic acids is 5. The largest absolute Gasteiger partial charge is 0.487 e. The summed E-state index contributed by atoms with van der Waals surface area (Å²) in [5.74, 6) is 1.28. The van der Waals surface area contributed by atoms with E-state index in [1.54, 1.807) is 21.9 Å². The van der Waals surface area contributed by atoms with Gasteiger partial charge in [-0.15, -0.1) is 0 Å². The first kappa shape index (κ1) is 67.7. The van der Waals surface area contributed by atoms with Crippen LogP contribution >= 0.6 is 0 Å². The molecular weight excluding hydrogens is 1100 g/mol. The van der Waals surface area contributed by atoms with Crippen LogP contribution in [0.4, 0.5) is 14.4 Å². The number of aryl methyl sites for hydroxylation is 3. The Balaban J connectivity index is 0.000000195. The SMILES string of the molecule is CC(C)(C)OC(=O)N1CCCC1.Cc1ccc(OCc2ccccc2)c(C(=O)C2CCCN2C(=O)OC(C)(C)C)n1.Cc1ccc(OCc2ccccc2)c(C(O)C2CCCN2C(=O)OC(C)(C)C)n1.Cc1ccc(OCc2ccccc2)c(C=O)n1. The van der Waals surface area contributed by atoms with E-state index in [1.165, 1.54) is 4.90 Å². The molecule has 466 valence electrons. The molecule has 0 radical (unpaired) electrons. The third-order valence-corrected chi connectivity index (χ3v) is 13.6. The molecule has 6 heterocycles. The van der Waals surface area contributed by atoms with Gasteiger partial charge in [0, 0.05) is 43.3 Å². The van der Waals surface area contributed by atoms with E-state index >= 15 is 0 Å². The van der Waals surface area contributed by atoms with Crippen molar-refractivity contribution in [1.29, 1.82) is 0 Å². The number of hydrogen-bond acceptors (Lipinski definition) is 15. The lowest BCUT2D eigenvalue weighted by Gasteiger charge is -2.31. The molecule has 3 aromatic heterocycles. The predicted molar refractivity (Wildman–Crippen MR) is 333 cm³/mol. The smallest absolute Gasteiger partial charge is 0.410 e. The number of amides is 3. The first-order valence-corrected chi connectivity index (χ1v) is 29.8. The molecule has 3 fully saturated rings. The predicted octanol–water partition coefficient (Wildman–Crippen LogP) is 13.8. The van der Waals surface area contributed by atoms with Gasteiger partial charge in [0.1, 0.15) is 77.4 Å². The minimum Gasteiger partial charge on any atom is -0.487 e. The molecule has 3 aliphatic rings. The van der Waals surface area contributed by atoms with Crippen LogP contribution in [0.25, 0.3) is 0 Å². The van der Waals surface area contributed by atoms with Crippen molar-refractivity contribution in [2.75, 3.05) is 26.2 Å². The Kier molecular flexibility index (Phi) is 24.8. The maximum Gasteiger partial charge on any atom is 0.410 e. The fourth-order valence-corrected chi connectivity index (χ4v) is 9.52. The summed E-state index contributed by atoms with van der Waals surface area (Å²) < 4.78 is 33.7. The molecule has 3 amide bonds. The van der Waals surface area contributed by atoms with E-state index in [0.717, 1.165) is 72.5 Å². The maximum atomic E-state index is 13.3. The molecule has 3 unspecified atom stereocenters. The lowest BCUT2D eigenvalue weighted by Crippen LogP contribution is -2.43. The number of pyridine rings is 3. The normalized spacial score (nSPS) is 15.9. The van der Waals surface area contributed by atoms with Gasteiger partial charge in [-0.2, -0.15) is 0 Å². The molecule has 87 heavy (non-hydrogen) atoms. The molecule has 3 atom stereocenters. The number of nitrogens with zero attached hydrogens (tertiary/aromatic N) is 6. The van der Waals surface area contributed by atoms with Crippen LogP contribution in [0.1, 0.15) is 167 Å². The Morgan fingerprint density at radius 2 is 0.920 bits per heavy atom. The van der Waals surface area contributed by atoms with Crippen LogP contribution in [0.3, 0.4) is 0 Å². The number of carbonyl (C=O) groups is 5. The van der Waals surface area contributed by atoms with Gasteiger partial charge in [0.25, 0.3) is 0 Å². The van der Waals surface area contributed by atoms with E-state index in [-0.39, 0.29) is 23.2 Å². The second-order valence-corrected chi connectivity index (χ2v) is 24.6. The van der Waals surface area contributed by atoms with Gasteiger partial charge in [0.15, 0.2) is 12.0 Å². The summed E-state index contributed by atoms with van der Waals surface area (Å²) in [6, 6.07) is 39.3. The summed E-state index contributed by atoms with van der Waals surface area (Å²) in [7, 11) is 0. The van der Waals surface area contributed by atoms with Crippen LogP contribution in [-0.4, -0.2) is 120 Å². The van der Waals surface area contributed by atoms with Gasteiger partial charge in [0.05, 0.1) is 6.04 Å². The topological polar surface area (TPSA) is 209 Å². The Morgan fingerprint density at radius 1 is 0.506 bits per heavy atom.